The van der Waals surface area contributed by atoms with Gasteiger partial charge in [0.05, 0.1) is 12.0 Å². The van der Waals surface area contributed by atoms with E-state index in [4.69, 9.17) is 9.84 Å². The predicted octanol–water partition coefficient (Wildman–Crippen LogP) is 2.06. The molecule has 2 heterocycles. The zero-order valence-electron chi connectivity index (χ0n) is 11.9. The zero-order valence-corrected chi connectivity index (χ0v) is 11.9. The van der Waals surface area contributed by atoms with Crippen LogP contribution in [-0.4, -0.2) is 21.7 Å². The quantitative estimate of drug-likeness (QED) is 0.914. The SMILES string of the molecule is Cc1cc2c(c(=O)n1CCC(=O)O)C=CC(C(C)C)O2. The van der Waals surface area contributed by atoms with Gasteiger partial charge in [0.25, 0.3) is 5.56 Å². The second-order valence-corrected chi connectivity index (χ2v) is 5.35. The number of hydrogen-bond acceptors (Lipinski definition) is 3. The highest BCUT2D eigenvalue weighted by atomic mass is 16.5. The molecule has 0 aliphatic carbocycles. The lowest BCUT2D eigenvalue weighted by Gasteiger charge is -2.25. The molecule has 108 valence electrons. The number of carbonyl (C=O) groups is 1. The van der Waals surface area contributed by atoms with Gasteiger partial charge in [-0.05, 0) is 25.0 Å². The molecule has 1 N–H and O–H groups in total. The van der Waals surface area contributed by atoms with Gasteiger partial charge in [-0.3, -0.25) is 9.59 Å². The van der Waals surface area contributed by atoms with Crippen LogP contribution in [0.4, 0.5) is 0 Å². The van der Waals surface area contributed by atoms with Gasteiger partial charge in [0.15, 0.2) is 0 Å². The zero-order chi connectivity index (χ0) is 14.9. The third-order valence-electron chi connectivity index (χ3n) is 3.43. The van der Waals surface area contributed by atoms with Gasteiger partial charge in [-0.15, -0.1) is 0 Å². The third-order valence-corrected chi connectivity index (χ3v) is 3.43. The summed E-state index contributed by atoms with van der Waals surface area (Å²) in [6, 6.07) is 1.80. The van der Waals surface area contributed by atoms with Gasteiger partial charge < -0.3 is 14.4 Å². The standard InChI is InChI=1S/C15H19NO4/c1-9(2)12-5-4-11-13(20-12)8-10(3)16(15(11)19)7-6-14(17)18/h4-5,8-9,12H,6-7H2,1-3H3,(H,17,18). The first-order valence-corrected chi connectivity index (χ1v) is 6.71. The molecule has 1 atom stereocenters. The van der Waals surface area contributed by atoms with Crippen LogP contribution in [0.25, 0.3) is 6.08 Å². The van der Waals surface area contributed by atoms with Crippen LogP contribution in [0.5, 0.6) is 5.75 Å². The molecule has 0 radical (unpaired) electrons. The van der Waals surface area contributed by atoms with Crippen LogP contribution in [0.1, 0.15) is 31.5 Å². The highest BCUT2D eigenvalue weighted by molar-refractivity contribution is 5.66. The van der Waals surface area contributed by atoms with E-state index in [0.29, 0.717) is 22.9 Å². The summed E-state index contributed by atoms with van der Waals surface area (Å²) in [7, 11) is 0. The minimum Gasteiger partial charge on any atom is -0.485 e. The van der Waals surface area contributed by atoms with E-state index in [-0.39, 0.29) is 24.6 Å². The lowest BCUT2D eigenvalue weighted by Crippen LogP contribution is -2.30. The highest BCUT2D eigenvalue weighted by Crippen LogP contribution is 2.26. The average Bonchev–Trinajstić information content (AvgIpc) is 2.37. The van der Waals surface area contributed by atoms with Crippen LogP contribution in [0.3, 0.4) is 0 Å². The minimum absolute atomic E-state index is 0.0313. The molecule has 0 saturated carbocycles. The average molecular weight is 277 g/mol. The van der Waals surface area contributed by atoms with Gasteiger partial charge in [-0.1, -0.05) is 13.8 Å². The van der Waals surface area contributed by atoms with E-state index in [1.165, 1.54) is 4.57 Å². The number of carboxylic acids is 1. The van der Waals surface area contributed by atoms with Crippen molar-refractivity contribution in [2.45, 2.75) is 39.8 Å². The largest absolute Gasteiger partial charge is 0.485 e. The molecule has 1 aromatic rings. The van der Waals surface area contributed by atoms with Gasteiger partial charge in [0.2, 0.25) is 0 Å². The van der Waals surface area contributed by atoms with E-state index in [0.717, 1.165) is 0 Å². The molecule has 0 aromatic carbocycles. The molecule has 0 spiro atoms. The van der Waals surface area contributed by atoms with E-state index >= 15 is 0 Å². The Bertz CT molecular complexity index is 613. The molecule has 0 amide bonds. The Morgan fingerprint density at radius 2 is 2.20 bits per heavy atom. The summed E-state index contributed by atoms with van der Waals surface area (Å²) < 4.78 is 7.30. The van der Waals surface area contributed by atoms with Crippen molar-refractivity contribution in [3.63, 3.8) is 0 Å². The molecule has 1 aliphatic rings. The van der Waals surface area contributed by atoms with Gasteiger partial charge in [-0.25, -0.2) is 0 Å². The number of nitrogens with zero attached hydrogens (tertiary/aromatic N) is 1. The van der Waals surface area contributed by atoms with E-state index in [9.17, 15) is 9.59 Å². The van der Waals surface area contributed by atoms with Gasteiger partial charge in [0.1, 0.15) is 11.9 Å². The van der Waals surface area contributed by atoms with Gasteiger partial charge >= 0.3 is 5.97 Å². The minimum atomic E-state index is -0.916. The van der Waals surface area contributed by atoms with E-state index in [1.54, 1.807) is 19.1 Å². The molecule has 2 rings (SSSR count). The Hall–Kier alpha value is -2.04. The molecule has 1 aromatic heterocycles. The Labute approximate surface area is 117 Å². The number of pyridine rings is 1. The van der Waals surface area contributed by atoms with E-state index in [2.05, 4.69) is 13.8 Å². The first-order valence-electron chi connectivity index (χ1n) is 6.71. The summed E-state index contributed by atoms with van der Waals surface area (Å²) in [6.07, 6.45) is 3.56. The number of aromatic nitrogens is 1. The fraction of sp³-hybridized carbons (Fsp3) is 0.467. The molecule has 0 saturated heterocycles. The summed E-state index contributed by atoms with van der Waals surface area (Å²) in [5.41, 5.74) is 1.02. The molecular weight excluding hydrogens is 258 g/mol. The Balaban J connectivity index is 2.38. The molecule has 20 heavy (non-hydrogen) atoms. The lowest BCUT2D eigenvalue weighted by atomic mass is 10.0. The number of aliphatic carboxylic acids is 1. The summed E-state index contributed by atoms with van der Waals surface area (Å²) in [5.74, 6) is -0.00453. The van der Waals surface area contributed by atoms with Crippen molar-refractivity contribution >= 4 is 12.0 Å². The number of hydrogen-bond donors (Lipinski definition) is 1. The Kier molecular flexibility index (Phi) is 3.97. The normalized spacial score (nSPS) is 16.9. The highest BCUT2D eigenvalue weighted by Gasteiger charge is 2.21. The van der Waals surface area contributed by atoms with Crippen molar-refractivity contribution in [1.29, 1.82) is 0 Å². The smallest absolute Gasteiger partial charge is 0.305 e. The first-order chi connectivity index (χ1) is 9.40. The predicted molar refractivity (Wildman–Crippen MR) is 76.0 cm³/mol. The van der Waals surface area contributed by atoms with Crippen LogP contribution >= 0.6 is 0 Å². The summed E-state index contributed by atoms with van der Waals surface area (Å²) in [5, 5.41) is 8.74. The number of fused-ring (bicyclic) bond motifs is 1. The van der Waals surface area contributed by atoms with Crippen molar-refractivity contribution in [3.8, 4) is 5.75 Å². The maximum Gasteiger partial charge on any atom is 0.305 e. The third kappa shape index (κ3) is 2.76. The molecular formula is C15H19NO4. The van der Waals surface area contributed by atoms with E-state index < -0.39 is 5.97 Å². The van der Waals surface area contributed by atoms with Gasteiger partial charge in [-0.2, -0.15) is 0 Å². The summed E-state index contributed by atoms with van der Waals surface area (Å²) in [6.45, 7) is 6.08. The van der Waals surface area contributed by atoms with Crippen LogP contribution in [0.2, 0.25) is 0 Å². The van der Waals surface area contributed by atoms with Crippen molar-refractivity contribution < 1.29 is 14.6 Å². The molecule has 0 bridgehead atoms. The molecule has 5 heteroatoms. The number of ether oxygens (including phenoxy) is 1. The van der Waals surface area contributed by atoms with Crippen LogP contribution in [0.15, 0.2) is 16.9 Å². The fourth-order valence-corrected chi connectivity index (χ4v) is 2.23. The van der Waals surface area contributed by atoms with Crippen LogP contribution < -0.4 is 10.3 Å². The van der Waals surface area contributed by atoms with Gasteiger partial charge in [0, 0.05) is 18.3 Å². The Morgan fingerprint density at radius 1 is 1.50 bits per heavy atom. The second kappa shape index (κ2) is 5.53. The van der Waals surface area contributed by atoms with Crippen LogP contribution in [0, 0.1) is 12.8 Å². The Morgan fingerprint density at radius 3 is 2.80 bits per heavy atom. The monoisotopic (exact) mass is 277 g/mol. The maximum atomic E-state index is 12.4. The molecule has 1 aliphatic heterocycles. The number of rotatable bonds is 4. The maximum absolute atomic E-state index is 12.4. The van der Waals surface area contributed by atoms with Crippen molar-refractivity contribution in [3.05, 3.63) is 33.8 Å². The summed E-state index contributed by atoms with van der Waals surface area (Å²) >= 11 is 0. The van der Waals surface area contributed by atoms with E-state index in [1.807, 2.05) is 6.08 Å². The first kappa shape index (κ1) is 14.4. The lowest BCUT2D eigenvalue weighted by molar-refractivity contribution is -0.137. The van der Waals surface area contributed by atoms with Crippen molar-refractivity contribution in [2.24, 2.45) is 5.92 Å². The van der Waals surface area contributed by atoms with Crippen molar-refractivity contribution in [2.75, 3.05) is 0 Å². The number of carboxylic acid groups (broad SMARTS) is 1. The summed E-state index contributed by atoms with van der Waals surface area (Å²) in [4.78, 5) is 23.0. The molecule has 0 fully saturated rings. The number of aryl methyl sites for hydroxylation is 1. The molecule has 1 unspecified atom stereocenters. The fourth-order valence-electron chi connectivity index (χ4n) is 2.23. The van der Waals surface area contributed by atoms with Crippen LogP contribution in [-0.2, 0) is 11.3 Å². The molecule has 5 nitrogen and oxygen atoms in total. The second-order valence-electron chi connectivity index (χ2n) is 5.35. The topological polar surface area (TPSA) is 68.5 Å². The van der Waals surface area contributed by atoms with Crippen molar-refractivity contribution in [1.82, 2.24) is 4.57 Å².